The van der Waals surface area contributed by atoms with E-state index in [1.807, 2.05) is 30.3 Å². The summed E-state index contributed by atoms with van der Waals surface area (Å²) in [4.78, 5) is 16.2. The summed E-state index contributed by atoms with van der Waals surface area (Å²) < 4.78 is 2.28. The monoisotopic (exact) mass is 386 g/mol. The molecule has 6 nitrogen and oxygen atoms in total. The lowest BCUT2D eigenvalue weighted by Gasteiger charge is -2.33. The maximum Gasteiger partial charge on any atom is 0.169 e. The van der Waals surface area contributed by atoms with Gasteiger partial charge in [-0.15, -0.1) is 0 Å². The van der Waals surface area contributed by atoms with Crippen molar-refractivity contribution in [1.29, 1.82) is 0 Å². The lowest BCUT2D eigenvalue weighted by Crippen LogP contribution is -2.42. The van der Waals surface area contributed by atoms with Crippen LogP contribution in [0.1, 0.15) is 37.7 Å². The van der Waals surface area contributed by atoms with E-state index in [0.29, 0.717) is 30.7 Å². The molecule has 1 aromatic carbocycles. The molecule has 3 aliphatic rings. The van der Waals surface area contributed by atoms with Crippen LogP contribution in [0.5, 0.6) is 0 Å². The molecule has 144 valence electrons. The molecule has 27 heavy (non-hydrogen) atoms. The number of aliphatic hydroxyl groups is 1. The summed E-state index contributed by atoms with van der Waals surface area (Å²) >= 11 is 0. The van der Waals surface area contributed by atoms with Gasteiger partial charge in [0.1, 0.15) is 0 Å². The van der Waals surface area contributed by atoms with Crippen molar-refractivity contribution in [2.75, 3.05) is 13.1 Å². The average molecular weight is 386 g/mol. The molecule has 3 fully saturated rings. The van der Waals surface area contributed by atoms with Crippen LogP contribution in [0.4, 0.5) is 0 Å². The van der Waals surface area contributed by atoms with Crippen LogP contribution in [-0.4, -0.2) is 34.7 Å². The van der Waals surface area contributed by atoms with Gasteiger partial charge in [0, 0.05) is 30.5 Å². The summed E-state index contributed by atoms with van der Waals surface area (Å²) in [5.41, 5.74) is 7.92. The van der Waals surface area contributed by atoms with Gasteiger partial charge in [-0.05, 0) is 60.4 Å². The second-order valence-corrected chi connectivity index (χ2v) is 9.14. The highest BCUT2D eigenvalue weighted by Crippen LogP contribution is 2.55. The van der Waals surface area contributed by atoms with Crippen molar-refractivity contribution in [3.8, 4) is 0 Å². The number of fused-ring (bicyclic) bond motifs is 1. The van der Waals surface area contributed by atoms with Crippen molar-refractivity contribution in [2.24, 2.45) is 28.8 Å². The molecule has 7 atom stereocenters. The normalized spacial score (nSPS) is 34.5. The topological polar surface area (TPSA) is 89.3 Å². The number of Topliss-reactive ketones (excluding diaryl/α,β-unsaturated/α-hetero) is 1. The number of ketones is 1. The Morgan fingerprint density at radius 1 is 1.30 bits per heavy atom. The summed E-state index contributed by atoms with van der Waals surface area (Å²) in [6.45, 7) is 2.21. The maximum absolute atomic E-state index is 13.3. The molecule has 1 saturated heterocycles. The molecule has 1 aliphatic heterocycles. The molecule has 0 amide bonds. The van der Waals surface area contributed by atoms with Crippen molar-refractivity contribution < 1.29 is 9.90 Å². The van der Waals surface area contributed by atoms with Gasteiger partial charge >= 0.3 is 0 Å². The highest BCUT2D eigenvalue weighted by atomic mass is 31.0. The van der Waals surface area contributed by atoms with Crippen LogP contribution in [0.3, 0.4) is 0 Å². The lowest BCUT2D eigenvalue weighted by atomic mass is 9.75. The van der Waals surface area contributed by atoms with Crippen molar-refractivity contribution in [1.82, 2.24) is 4.67 Å². The van der Waals surface area contributed by atoms with E-state index in [4.69, 9.17) is 5.53 Å². The maximum atomic E-state index is 13.3. The van der Waals surface area contributed by atoms with Gasteiger partial charge in [0.05, 0.1) is 0 Å². The number of carbonyl (C=O) groups is 1. The van der Waals surface area contributed by atoms with Gasteiger partial charge in [0.25, 0.3) is 0 Å². The van der Waals surface area contributed by atoms with Crippen LogP contribution in [0.15, 0.2) is 35.4 Å². The lowest BCUT2D eigenvalue weighted by molar-refractivity contribution is -0.145. The highest BCUT2D eigenvalue weighted by molar-refractivity contribution is 7.13. The van der Waals surface area contributed by atoms with Gasteiger partial charge < -0.3 is 5.11 Å². The zero-order valence-corrected chi connectivity index (χ0v) is 16.6. The van der Waals surface area contributed by atoms with E-state index in [0.717, 1.165) is 37.8 Å². The largest absolute Gasteiger partial charge is 0.377 e. The minimum Gasteiger partial charge on any atom is -0.377 e. The Bertz CT molecular complexity index is 742. The smallest absolute Gasteiger partial charge is 0.169 e. The van der Waals surface area contributed by atoms with Crippen LogP contribution in [0.2, 0.25) is 0 Å². The molecular formula is C20H27N4O2P. The van der Waals surface area contributed by atoms with Crippen LogP contribution in [-0.2, 0) is 10.4 Å². The summed E-state index contributed by atoms with van der Waals surface area (Å²) in [5, 5.41) is 15.4. The summed E-state index contributed by atoms with van der Waals surface area (Å²) in [5.74, 6) is 1.81. The number of rotatable bonds is 7. The number of hydrogen-bond donors (Lipinski definition) is 1. The summed E-state index contributed by atoms with van der Waals surface area (Å²) in [6.07, 6.45) is 3.29. The van der Waals surface area contributed by atoms with Crippen LogP contribution in [0.25, 0.3) is 10.4 Å². The van der Waals surface area contributed by atoms with E-state index >= 15 is 0 Å². The molecule has 7 heteroatoms. The first-order valence-corrected chi connectivity index (χ1v) is 10.4. The second-order valence-electron chi connectivity index (χ2n) is 8.41. The van der Waals surface area contributed by atoms with Gasteiger partial charge in [-0.1, -0.05) is 44.8 Å². The molecule has 2 saturated carbocycles. The molecule has 2 aliphatic carbocycles. The SMILES string of the molecule is [N-]=[N+]=NC1CCC([C@](O)(C(=O)CC[C@@H]2[C@H]3CN(P)C[C@@H]23)c2ccccc2)C1. The predicted octanol–water partition coefficient (Wildman–Crippen LogP) is 3.67. The van der Waals surface area contributed by atoms with Crippen molar-refractivity contribution in [3.63, 3.8) is 0 Å². The van der Waals surface area contributed by atoms with E-state index in [2.05, 4.69) is 24.1 Å². The molecule has 1 heterocycles. The van der Waals surface area contributed by atoms with E-state index < -0.39 is 5.60 Å². The Hall–Kier alpha value is -1.45. The Balaban J connectivity index is 1.48. The average Bonchev–Trinajstić information content (AvgIpc) is 3.03. The fourth-order valence-electron chi connectivity index (χ4n) is 5.43. The first kappa shape index (κ1) is 18.9. The van der Waals surface area contributed by atoms with E-state index in [9.17, 15) is 9.90 Å². The molecule has 0 bridgehead atoms. The number of benzene rings is 1. The number of piperidine rings is 1. The zero-order chi connectivity index (χ0) is 19.0. The van der Waals surface area contributed by atoms with E-state index in [1.54, 1.807) is 0 Å². The number of azide groups is 1. The standard InChI is InChI=1S/C20H27N4O2P/c21-23-22-15-7-6-14(10-15)20(26,13-4-2-1-3-5-13)19(25)9-8-16-17-11-24(27)12-18(16)17/h1-5,14-18,26H,6-12,27H2/t14?,15?,16-,17-,18+,20-/m0/s1. The van der Waals surface area contributed by atoms with Gasteiger partial charge in [-0.2, -0.15) is 0 Å². The Labute approximate surface area is 162 Å². The minimum atomic E-state index is -1.47. The quantitative estimate of drug-likeness (QED) is 0.336. The van der Waals surface area contributed by atoms with E-state index in [-0.39, 0.29) is 17.7 Å². The van der Waals surface area contributed by atoms with Gasteiger partial charge in [0.15, 0.2) is 11.4 Å². The second kappa shape index (κ2) is 7.52. The van der Waals surface area contributed by atoms with Gasteiger partial charge in [-0.25, -0.2) is 0 Å². The molecule has 3 unspecified atom stereocenters. The third-order valence-electron chi connectivity index (χ3n) is 6.95. The van der Waals surface area contributed by atoms with Crippen molar-refractivity contribution >= 4 is 15.2 Å². The third-order valence-corrected chi connectivity index (χ3v) is 7.38. The first-order chi connectivity index (χ1) is 13.0. The first-order valence-electron chi connectivity index (χ1n) is 9.89. The fourth-order valence-corrected chi connectivity index (χ4v) is 5.92. The Kier molecular flexibility index (Phi) is 5.26. The summed E-state index contributed by atoms with van der Waals surface area (Å²) in [7, 11) is 2.77. The molecule has 4 rings (SSSR count). The van der Waals surface area contributed by atoms with Crippen molar-refractivity contribution in [3.05, 3.63) is 46.3 Å². The molecule has 1 aromatic rings. The molecule has 1 N–H and O–H groups in total. The minimum absolute atomic E-state index is 0.0759. The van der Waals surface area contributed by atoms with Crippen LogP contribution >= 0.6 is 9.39 Å². The molecular weight excluding hydrogens is 359 g/mol. The van der Waals surface area contributed by atoms with Crippen LogP contribution in [0, 0.1) is 23.7 Å². The predicted molar refractivity (Wildman–Crippen MR) is 107 cm³/mol. The number of hydrogen-bond acceptors (Lipinski definition) is 4. The summed E-state index contributed by atoms with van der Waals surface area (Å²) in [6, 6.07) is 9.19. The third kappa shape index (κ3) is 3.52. The zero-order valence-electron chi connectivity index (χ0n) is 15.4. The van der Waals surface area contributed by atoms with Crippen molar-refractivity contribution in [2.45, 2.75) is 43.7 Å². The Morgan fingerprint density at radius 3 is 2.67 bits per heavy atom. The molecule has 0 radical (unpaired) electrons. The fraction of sp³-hybridized carbons (Fsp3) is 0.650. The highest BCUT2D eigenvalue weighted by Gasteiger charge is 2.55. The number of nitrogens with zero attached hydrogens (tertiary/aromatic N) is 4. The van der Waals surface area contributed by atoms with Crippen LogP contribution < -0.4 is 0 Å². The number of carbonyl (C=O) groups excluding carboxylic acids is 1. The Morgan fingerprint density at radius 2 is 2.00 bits per heavy atom. The van der Waals surface area contributed by atoms with Gasteiger partial charge in [-0.3, -0.25) is 9.46 Å². The van der Waals surface area contributed by atoms with E-state index in [1.165, 1.54) is 0 Å². The molecule has 0 aromatic heterocycles. The molecule has 0 spiro atoms. The van der Waals surface area contributed by atoms with Gasteiger partial charge in [0.2, 0.25) is 0 Å².